The lowest BCUT2D eigenvalue weighted by Crippen LogP contribution is -2.11. The highest BCUT2D eigenvalue weighted by atomic mass is 16.1. The summed E-state index contributed by atoms with van der Waals surface area (Å²) < 4.78 is 0. The molecule has 0 radical (unpaired) electrons. The Kier molecular flexibility index (Phi) is 20.0. The van der Waals surface area contributed by atoms with Gasteiger partial charge in [-0.25, -0.2) is 0 Å². The zero-order valence-electron chi connectivity index (χ0n) is 21.1. The summed E-state index contributed by atoms with van der Waals surface area (Å²) in [4.78, 5) is 15.9. The highest BCUT2D eigenvalue weighted by Crippen LogP contribution is 2.11. The van der Waals surface area contributed by atoms with Gasteiger partial charge < -0.3 is 5.32 Å². The minimum absolute atomic E-state index is 0.0764. The van der Waals surface area contributed by atoms with Gasteiger partial charge in [0.1, 0.15) is 0 Å². The van der Waals surface area contributed by atoms with Crippen LogP contribution in [0.15, 0.2) is 24.5 Å². The summed E-state index contributed by atoms with van der Waals surface area (Å²) in [7, 11) is 0. The SMILES string of the molecule is CCCCCCCCCCCCC#CC#CCCCCCCCCC(=O)Nc1cccnc1. The molecule has 3 heteroatoms. The summed E-state index contributed by atoms with van der Waals surface area (Å²) >= 11 is 0. The van der Waals surface area contributed by atoms with Crippen molar-refractivity contribution in [2.45, 2.75) is 129 Å². The average Bonchev–Trinajstić information content (AvgIpc) is 2.83. The van der Waals surface area contributed by atoms with Gasteiger partial charge in [0.25, 0.3) is 0 Å². The number of carbonyl (C=O) groups excluding carboxylic acids is 1. The van der Waals surface area contributed by atoms with Crippen LogP contribution in [0.2, 0.25) is 0 Å². The Balaban J connectivity index is 1.82. The van der Waals surface area contributed by atoms with E-state index < -0.39 is 0 Å². The predicted molar refractivity (Wildman–Crippen MR) is 142 cm³/mol. The molecule has 0 spiro atoms. The second-order valence-corrected chi connectivity index (χ2v) is 8.95. The van der Waals surface area contributed by atoms with Gasteiger partial charge in [0.15, 0.2) is 0 Å². The van der Waals surface area contributed by atoms with Crippen molar-refractivity contribution in [1.29, 1.82) is 0 Å². The molecule has 33 heavy (non-hydrogen) atoms. The number of hydrogen-bond acceptors (Lipinski definition) is 2. The van der Waals surface area contributed by atoms with Gasteiger partial charge in [-0.2, -0.15) is 0 Å². The van der Waals surface area contributed by atoms with E-state index in [2.05, 4.69) is 40.9 Å². The topological polar surface area (TPSA) is 42.0 Å². The fourth-order valence-electron chi connectivity index (χ4n) is 3.78. The molecule has 0 bridgehead atoms. The predicted octanol–water partition coefficient (Wildman–Crippen LogP) is 8.46. The van der Waals surface area contributed by atoms with Crippen molar-refractivity contribution in [1.82, 2.24) is 4.98 Å². The van der Waals surface area contributed by atoms with Crippen LogP contribution in [-0.4, -0.2) is 10.9 Å². The maximum absolute atomic E-state index is 11.9. The van der Waals surface area contributed by atoms with Crippen LogP contribution in [0.1, 0.15) is 129 Å². The molecule has 3 nitrogen and oxygen atoms in total. The first-order valence-corrected chi connectivity index (χ1v) is 13.5. The average molecular weight is 451 g/mol. The van der Waals surface area contributed by atoms with Gasteiger partial charge in [0.05, 0.1) is 11.9 Å². The molecule has 1 rings (SSSR count). The summed E-state index contributed by atoms with van der Waals surface area (Å²) in [5.74, 6) is 12.5. The highest BCUT2D eigenvalue weighted by Gasteiger charge is 2.01. The summed E-state index contributed by atoms with van der Waals surface area (Å²) in [6, 6.07) is 3.68. The Hall–Kier alpha value is -2.26. The molecule has 1 aromatic rings. The number of unbranched alkanes of at least 4 members (excludes halogenated alkanes) is 16. The van der Waals surface area contributed by atoms with Gasteiger partial charge >= 0.3 is 0 Å². The van der Waals surface area contributed by atoms with Gasteiger partial charge in [-0.3, -0.25) is 9.78 Å². The van der Waals surface area contributed by atoms with E-state index in [0.29, 0.717) is 6.42 Å². The number of amides is 1. The zero-order valence-corrected chi connectivity index (χ0v) is 21.1. The molecule has 1 heterocycles. The van der Waals surface area contributed by atoms with Crippen molar-refractivity contribution in [3.63, 3.8) is 0 Å². The first-order valence-electron chi connectivity index (χ1n) is 13.5. The lowest BCUT2D eigenvalue weighted by Gasteiger charge is -2.04. The third-order valence-corrected chi connectivity index (χ3v) is 5.80. The van der Waals surface area contributed by atoms with Crippen molar-refractivity contribution >= 4 is 11.6 Å². The highest BCUT2D eigenvalue weighted by molar-refractivity contribution is 5.90. The number of anilines is 1. The van der Waals surface area contributed by atoms with Crippen molar-refractivity contribution in [3.05, 3.63) is 24.5 Å². The third-order valence-electron chi connectivity index (χ3n) is 5.80. The molecular weight excluding hydrogens is 404 g/mol. The Bertz CT molecular complexity index is 706. The van der Waals surface area contributed by atoms with E-state index in [1.54, 1.807) is 12.4 Å². The van der Waals surface area contributed by atoms with E-state index in [4.69, 9.17) is 0 Å². The summed E-state index contributed by atoms with van der Waals surface area (Å²) in [5.41, 5.74) is 0.770. The van der Waals surface area contributed by atoms with Crippen LogP contribution in [0.3, 0.4) is 0 Å². The Morgan fingerprint density at radius 1 is 0.758 bits per heavy atom. The molecule has 0 atom stereocenters. The molecule has 1 amide bonds. The summed E-state index contributed by atoms with van der Waals surface area (Å²) in [5, 5.41) is 2.88. The van der Waals surface area contributed by atoms with E-state index in [-0.39, 0.29) is 5.91 Å². The van der Waals surface area contributed by atoms with Gasteiger partial charge in [-0.1, -0.05) is 102 Å². The molecular formula is C30H46N2O. The molecule has 0 unspecified atom stereocenters. The molecule has 0 fully saturated rings. The van der Waals surface area contributed by atoms with E-state index in [1.165, 1.54) is 83.5 Å². The number of aromatic nitrogens is 1. The molecule has 0 aliphatic rings. The minimum atomic E-state index is 0.0764. The molecule has 1 N–H and O–H groups in total. The van der Waals surface area contributed by atoms with Crippen LogP contribution in [0.5, 0.6) is 0 Å². The fraction of sp³-hybridized carbons (Fsp3) is 0.667. The smallest absolute Gasteiger partial charge is 0.224 e. The second kappa shape index (κ2) is 22.9. The molecule has 0 saturated carbocycles. The van der Waals surface area contributed by atoms with Gasteiger partial charge in [0.2, 0.25) is 5.91 Å². The molecule has 1 aromatic heterocycles. The number of carbonyl (C=O) groups is 1. The quantitative estimate of drug-likeness (QED) is 0.170. The van der Waals surface area contributed by atoms with Crippen LogP contribution in [0.4, 0.5) is 5.69 Å². The standard InChI is InChI=1S/C30H46N2O/c1-2-3-4-5-6-7-8-9-10-11-12-13-14-15-16-17-18-19-20-21-22-23-26-30(33)32-29-25-24-27-31-28-29/h24-25,27-28H,2-12,17-23,26H2,1H3,(H,32,33). The number of pyridine rings is 1. The Morgan fingerprint density at radius 2 is 1.27 bits per heavy atom. The maximum atomic E-state index is 11.9. The largest absolute Gasteiger partial charge is 0.325 e. The lowest BCUT2D eigenvalue weighted by atomic mass is 10.1. The summed E-state index contributed by atoms with van der Waals surface area (Å²) in [6.07, 6.45) is 26.4. The fourth-order valence-corrected chi connectivity index (χ4v) is 3.78. The maximum Gasteiger partial charge on any atom is 0.224 e. The Labute approximate surface area is 203 Å². The minimum Gasteiger partial charge on any atom is -0.325 e. The normalized spacial score (nSPS) is 10.1. The van der Waals surface area contributed by atoms with Gasteiger partial charge in [0, 0.05) is 25.5 Å². The van der Waals surface area contributed by atoms with Crippen LogP contribution < -0.4 is 5.32 Å². The van der Waals surface area contributed by atoms with E-state index in [1.807, 2.05) is 12.1 Å². The number of nitrogens with one attached hydrogen (secondary N) is 1. The van der Waals surface area contributed by atoms with Crippen molar-refractivity contribution < 1.29 is 4.79 Å². The van der Waals surface area contributed by atoms with Crippen LogP contribution in [0, 0.1) is 23.7 Å². The first-order chi connectivity index (χ1) is 16.3. The van der Waals surface area contributed by atoms with Crippen LogP contribution >= 0.6 is 0 Å². The van der Waals surface area contributed by atoms with Crippen molar-refractivity contribution in [3.8, 4) is 23.7 Å². The lowest BCUT2D eigenvalue weighted by molar-refractivity contribution is -0.116. The van der Waals surface area contributed by atoms with Gasteiger partial charge in [-0.15, -0.1) is 0 Å². The third kappa shape index (κ3) is 20.1. The van der Waals surface area contributed by atoms with Crippen molar-refractivity contribution in [2.75, 3.05) is 5.32 Å². The van der Waals surface area contributed by atoms with Crippen LogP contribution in [0.25, 0.3) is 0 Å². The molecule has 182 valence electrons. The monoisotopic (exact) mass is 450 g/mol. The number of nitrogens with zero attached hydrogens (tertiary/aromatic N) is 1. The zero-order chi connectivity index (χ0) is 23.7. The van der Waals surface area contributed by atoms with Crippen molar-refractivity contribution in [2.24, 2.45) is 0 Å². The van der Waals surface area contributed by atoms with E-state index in [9.17, 15) is 4.79 Å². The van der Waals surface area contributed by atoms with E-state index in [0.717, 1.165) is 37.8 Å². The first kappa shape index (κ1) is 28.8. The van der Waals surface area contributed by atoms with Gasteiger partial charge in [-0.05, 0) is 43.2 Å². The Morgan fingerprint density at radius 3 is 1.79 bits per heavy atom. The van der Waals surface area contributed by atoms with Crippen LogP contribution in [-0.2, 0) is 4.79 Å². The molecule has 0 aliphatic carbocycles. The molecule has 0 aliphatic heterocycles. The molecule has 0 aromatic carbocycles. The second-order valence-electron chi connectivity index (χ2n) is 8.95. The number of rotatable bonds is 19. The summed E-state index contributed by atoms with van der Waals surface area (Å²) in [6.45, 7) is 2.27. The number of hydrogen-bond donors (Lipinski definition) is 1. The molecule has 0 saturated heterocycles. The van der Waals surface area contributed by atoms with E-state index >= 15 is 0 Å².